The Morgan fingerprint density at radius 2 is 2.04 bits per heavy atom. The topological polar surface area (TPSA) is 73.6 Å². The van der Waals surface area contributed by atoms with E-state index in [0.29, 0.717) is 19.5 Å². The second-order valence-corrected chi connectivity index (χ2v) is 6.87. The lowest BCUT2D eigenvalue weighted by atomic mass is 9.80. The first-order valence-corrected chi connectivity index (χ1v) is 8.46. The molecule has 0 spiro atoms. The largest absolute Gasteiger partial charge is 0.458 e. The first-order valence-electron chi connectivity index (χ1n) is 8.46. The summed E-state index contributed by atoms with van der Waals surface area (Å²) in [5, 5.41) is 18.4. The number of nitrogens with zero attached hydrogens (tertiary/aromatic N) is 1. The fraction of sp³-hybridized carbons (Fsp3) is 0.556. The quantitative estimate of drug-likeness (QED) is 0.462. The molecule has 0 bridgehead atoms. The van der Waals surface area contributed by atoms with Crippen molar-refractivity contribution in [1.29, 1.82) is 5.41 Å². The van der Waals surface area contributed by atoms with Crippen molar-refractivity contribution in [2.75, 3.05) is 13.1 Å². The molecule has 5 nitrogen and oxygen atoms in total. The number of alkyl halides is 2. The molecule has 1 aliphatic heterocycles. The summed E-state index contributed by atoms with van der Waals surface area (Å²) in [4.78, 5) is 14.5. The average molecular weight is 389 g/mol. The van der Waals surface area contributed by atoms with Crippen molar-refractivity contribution in [3.8, 4) is 0 Å². The highest BCUT2D eigenvalue weighted by molar-refractivity contribution is 5.85. The number of rotatable bonds is 5. The first-order chi connectivity index (χ1) is 11.8. The molecule has 0 amide bonds. The summed E-state index contributed by atoms with van der Waals surface area (Å²) in [6, 6.07) is 8.18. The molecule has 2 fully saturated rings. The second kappa shape index (κ2) is 7.88. The molecule has 8 heteroatoms. The van der Waals surface area contributed by atoms with Gasteiger partial charge in [-0.15, -0.1) is 12.4 Å². The smallest absolute Gasteiger partial charge is 0.343 e. The van der Waals surface area contributed by atoms with Crippen molar-refractivity contribution in [3.05, 3.63) is 35.9 Å². The zero-order valence-corrected chi connectivity index (χ0v) is 15.1. The summed E-state index contributed by atoms with van der Waals surface area (Å²) >= 11 is 0. The van der Waals surface area contributed by atoms with Crippen LogP contribution in [0.1, 0.15) is 31.2 Å². The lowest BCUT2D eigenvalue weighted by Gasteiger charge is -2.33. The van der Waals surface area contributed by atoms with Crippen molar-refractivity contribution in [2.24, 2.45) is 5.92 Å². The van der Waals surface area contributed by atoms with Crippen LogP contribution >= 0.6 is 12.4 Å². The van der Waals surface area contributed by atoms with Crippen LogP contribution in [0.4, 0.5) is 8.78 Å². The molecule has 144 valence electrons. The Bertz CT molecular complexity index is 647. The van der Waals surface area contributed by atoms with Crippen LogP contribution in [0, 0.1) is 11.3 Å². The average Bonchev–Trinajstić information content (AvgIpc) is 3.20. The number of ether oxygens (including phenoxy) is 1. The Kier molecular flexibility index (Phi) is 6.24. The van der Waals surface area contributed by atoms with E-state index in [9.17, 15) is 18.7 Å². The Morgan fingerprint density at radius 3 is 2.58 bits per heavy atom. The van der Waals surface area contributed by atoms with Crippen molar-refractivity contribution in [1.82, 2.24) is 4.90 Å². The summed E-state index contributed by atoms with van der Waals surface area (Å²) in [6.07, 6.45) is 0.452. The van der Waals surface area contributed by atoms with E-state index < -0.39 is 35.9 Å². The molecule has 0 aromatic heterocycles. The maximum atomic E-state index is 13.7. The number of hydrogen-bond donors (Lipinski definition) is 2. The number of likely N-dealkylation sites (tertiary alicyclic amines) is 1. The third-order valence-electron chi connectivity index (χ3n) is 5.15. The molecular formula is C18H23ClF2N2O3. The summed E-state index contributed by atoms with van der Waals surface area (Å²) in [7, 11) is 0. The molecule has 1 saturated heterocycles. The molecule has 3 unspecified atom stereocenters. The summed E-state index contributed by atoms with van der Waals surface area (Å²) < 4.78 is 32.9. The molecule has 1 aromatic carbocycles. The van der Waals surface area contributed by atoms with E-state index in [1.165, 1.54) is 6.34 Å². The van der Waals surface area contributed by atoms with E-state index in [4.69, 9.17) is 10.1 Å². The summed E-state index contributed by atoms with van der Waals surface area (Å²) in [6.45, 7) is 0.966. The lowest BCUT2D eigenvalue weighted by Crippen LogP contribution is -2.45. The van der Waals surface area contributed by atoms with Gasteiger partial charge in [-0.2, -0.15) is 0 Å². The monoisotopic (exact) mass is 388 g/mol. The van der Waals surface area contributed by atoms with E-state index in [-0.39, 0.29) is 30.8 Å². The van der Waals surface area contributed by atoms with E-state index in [0.717, 1.165) is 0 Å². The third-order valence-corrected chi connectivity index (χ3v) is 5.15. The Morgan fingerprint density at radius 1 is 1.35 bits per heavy atom. The molecule has 2 N–H and O–H groups in total. The van der Waals surface area contributed by atoms with Crippen molar-refractivity contribution < 1.29 is 23.4 Å². The Hall–Kier alpha value is -1.73. The van der Waals surface area contributed by atoms with Crippen LogP contribution in [-0.2, 0) is 15.1 Å². The van der Waals surface area contributed by atoms with Crippen LogP contribution in [0.15, 0.2) is 30.3 Å². The zero-order chi connectivity index (χ0) is 18.1. The number of hydrogen-bond acceptors (Lipinski definition) is 4. The molecular weight excluding hydrogens is 366 g/mol. The van der Waals surface area contributed by atoms with Gasteiger partial charge in [-0.05, 0) is 12.0 Å². The first kappa shape index (κ1) is 20.6. The van der Waals surface area contributed by atoms with Gasteiger partial charge in [-0.1, -0.05) is 30.3 Å². The predicted molar refractivity (Wildman–Crippen MR) is 94.7 cm³/mol. The van der Waals surface area contributed by atoms with Gasteiger partial charge >= 0.3 is 5.97 Å². The number of esters is 1. The van der Waals surface area contributed by atoms with E-state index >= 15 is 0 Å². The molecule has 1 aromatic rings. The molecule has 1 saturated carbocycles. The van der Waals surface area contributed by atoms with Gasteiger partial charge in [0.2, 0.25) is 5.92 Å². The van der Waals surface area contributed by atoms with Crippen LogP contribution < -0.4 is 0 Å². The highest BCUT2D eigenvalue weighted by Crippen LogP contribution is 2.48. The van der Waals surface area contributed by atoms with Gasteiger partial charge in [0.05, 0.1) is 12.9 Å². The molecule has 0 radical (unpaired) electrons. The number of carbonyl (C=O) groups excluding carboxylic acids is 1. The summed E-state index contributed by atoms with van der Waals surface area (Å²) in [5.74, 6) is -4.64. The number of carbonyl (C=O) groups is 1. The molecule has 3 atom stereocenters. The minimum Gasteiger partial charge on any atom is -0.458 e. The molecule has 3 rings (SSSR count). The SMILES string of the molecule is Cl.N=CN1CCC(OC(=O)C(O)(c2ccccc2)C2CCC(F)(F)C2)C1. The third kappa shape index (κ3) is 3.99. The molecule has 2 aliphatic rings. The van der Waals surface area contributed by atoms with Crippen molar-refractivity contribution in [3.63, 3.8) is 0 Å². The van der Waals surface area contributed by atoms with Crippen LogP contribution in [0.5, 0.6) is 0 Å². The normalized spacial score (nSPS) is 26.7. The molecule has 1 aliphatic carbocycles. The van der Waals surface area contributed by atoms with Crippen LogP contribution in [0.3, 0.4) is 0 Å². The minimum absolute atomic E-state index is 0. The fourth-order valence-corrected chi connectivity index (χ4v) is 3.73. The second-order valence-electron chi connectivity index (χ2n) is 6.87. The van der Waals surface area contributed by atoms with Crippen molar-refractivity contribution in [2.45, 2.75) is 43.3 Å². The molecule has 1 heterocycles. The van der Waals surface area contributed by atoms with E-state index in [1.54, 1.807) is 35.2 Å². The van der Waals surface area contributed by atoms with Gasteiger partial charge < -0.3 is 14.7 Å². The van der Waals surface area contributed by atoms with Gasteiger partial charge in [-0.25, -0.2) is 13.6 Å². The zero-order valence-electron chi connectivity index (χ0n) is 14.2. The van der Waals surface area contributed by atoms with Crippen LogP contribution in [-0.4, -0.2) is 47.4 Å². The Balaban J connectivity index is 0.00000243. The van der Waals surface area contributed by atoms with E-state index in [2.05, 4.69) is 0 Å². The lowest BCUT2D eigenvalue weighted by molar-refractivity contribution is -0.179. The predicted octanol–water partition coefficient (Wildman–Crippen LogP) is 2.96. The highest BCUT2D eigenvalue weighted by Gasteiger charge is 2.54. The van der Waals surface area contributed by atoms with Gasteiger partial charge in [-0.3, -0.25) is 5.41 Å². The highest BCUT2D eigenvalue weighted by atomic mass is 35.5. The Labute approximate surface area is 157 Å². The summed E-state index contributed by atoms with van der Waals surface area (Å²) in [5.41, 5.74) is -1.80. The minimum atomic E-state index is -2.88. The van der Waals surface area contributed by atoms with Crippen LogP contribution in [0.25, 0.3) is 0 Å². The number of benzene rings is 1. The number of nitrogens with one attached hydrogen (secondary N) is 1. The maximum Gasteiger partial charge on any atom is 0.343 e. The number of halogens is 3. The van der Waals surface area contributed by atoms with Gasteiger partial charge in [0.1, 0.15) is 6.10 Å². The van der Waals surface area contributed by atoms with Crippen LogP contribution in [0.2, 0.25) is 0 Å². The molecule has 26 heavy (non-hydrogen) atoms. The standard InChI is InChI=1S/C18H22F2N2O3.ClH/c19-17(20)8-6-14(10-17)18(24,13-4-2-1-3-5-13)16(23)25-15-7-9-22(11-15)12-21;/h1-5,12,14-15,21,24H,6-11H2;1H. The van der Waals surface area contributed by atoms with E-state index in [1.807, 2.05) is 0 Å². The number of aliphatic hydroxyl groups is 1. The van der Waals surface area contributed by atoms with Gasteiger partial charge in [0.25, 0.3) is 0 Å². The van der Waals surface area contributed by atoms with Gasteiger partial charge in [0.15, 0.2) is 5.60 Å². The van der Waals surface area contributed by atoms with Crippen molar-refractivity contribution >= 4 is 24.7 Å². The van der Waals surface area contributed by atoms with Gasteiger partial charge in [0, 0.05) is 31.7 Å². The fourth-order valence-electron chi connectivity index (χ4n) is 3.73. The maximum absolute atomic E-state index is 13.7.